The van der Waals surface area contributed by atoms with E-state index in [-0.39, 0.29) is 11.8 Å². The fourth-order valence-electron chi connectivity index (χ4n) is 4.84. The van der Waals surface area contributed by atoms with Gasteiger partial charge >= 0.3 is 12.1 Å². The number of hydrogen-bond donors (Lipinski definition) is 0. The fourth-order valence-corrected chi connectivity index (χ4v) is 4.84. The molecule has 31 heavy (non-hydrogen) atoms. The Morgan fingerprint density at radius 3 is 2.32 bits per heavy atom. The third-order valence-corrected chi connectivity index (χ3v) is 6.22. The minimum absolute atomic E-state index is 0.182. The van der Waals surface area contributed by atoms with Crippen LogP contribution in [0.1, 0.15) is 36.0 Å². The van der Waals surface area contributed by atoms with Gasteiger partial charge in [0.1, 0.15) is 12.2 Å². The maximum absolute atomic E-state index is 12.6. The zero-order valence-electron chi connectivity index (χ0n) is 17.9. The minimum Gasteiger partial charge on any atom is -0.467 e. The largest absolute Gasteiger partial charge is 0.467 e. The van der Waals surface area contributed by atoms with Crippen LogP contribution in [0.25, 0.3) is 0 Å². The van der Waals surface area contributed by atoms with Gasteiger partial charge in [-0.3, -0.25) is 14.6 Å². The van der Waals surface area contributed by atoms with E-state index >= 15 is 0 Å². The summed E-state index contributed by atoms with van der Waals surface area (Å²) in [6.45, 7) is 1.47. The summed E-state index contributed by atoms with van der Waals surface area (Å²) in [7, 11) is 2.57. The monoisotopic (exact) mass is 422 g/mol. The first-order valence-corrected chi connectivity index (χ1v) is 10.4. The predicted molar refractivity (Wildman–Crippen MR) is 115 cm³/mol. The number of methoxy groups -OCH3 is 2. The van der Waals surface area contributed by atoms with Gasteiger partial charge < -0.3 is 9.47 Å². The molecule has 2 aliphatic rings. The molecule has 2 aromatic carbocycles. The number of fused-ring (bicyclic) bond motifs is 3. The van der Waals surface area contributed by atoms with Crippen molar-refractivity contribution in [2.45, 2.75) is 44.3 Å². The molecule has 7 heteroatoms. The van der Waals surface area contributed by atoms with Gasteiger partial charge in [-0.1, -0.05) is 42.5 Å². The maximum atomic E-state index is 12.6. The number of carbonyl (C=O) groups excluding carboxylic acids is 3. The molecule has 2 amide bonds. The van der Waals surface area contributed by atoms with Crippen LogP contribution in [0.4, 0.5) is 10.5 Å². The number of nitrogens with zero attached hydrogens (tertiary/aromatic N) is 2. The van der Waals surface area contributed by atoms with E-state index in [1.54, 1.807) is 4.90 Å². The van der Waals surface area contributed by atoms with Crippen LogP contribution in [-0.2, 0) is 31.9 Å². The summed E-state index contributed by atoms with van der Waals surface area (Å²) in [5.74, 6) is -0.880. The summed E-state index contributed by atoms with van der Waals surface area (Å²) >= 11 is 0. The summed E-state index contributed by atoms with van der Waals surface area (Å²) < 4.78 is 9.87. The van der Waals surface area contributed by atoms with E-state index in [0.717, 1.165) is 29.7 Å². The molecule has 2 aromatic rings. The SMILES string of the molecule is COC(=O)[C@@H]1C[C@@H]2c3cc(CCc4ccccc4)ccc3N(C(C)=O)[C@@H]2N1C(=O)OC. The molecule has 162 valence electrons. The molecule has 0 bridgehead atoms. The summed E-state index contributed by atoms with van der Waals surface area (Å²) in [4.78, 5) is 40.5. The third-order valence-electron chi connectivity index (χ3n) is 6.22. The minimum atomic E-state index is -0.796. The van der Waals surface area contributed by atoms with E-state index in [2.05, 4.69) is 18.2 Å². The van der Waals surface area contributed by atoms with Crippen LogP contribution >= 0.6 is 0 Å². The molecule has 2 aliphatic heterocycles. The standard InChI is InChI=1S/C24H26N2O5/c1-15(27)25-20-12-11-17(10-9-16-7-5-4-6-8-16)13-18(20)19-14-21(23(28)30-2)26(22(19)25)24(29)31-3/h4-8,11-13,19,21-22H,9-10,14H2,1-3H3/t19-,21+,22-/m1/s1. The lowest BCUT2D eigenvalue weighted by molar-refractivity contribution is -0.146. The van der Waals surface area contributed by atoms with Crippen molar-refractivity contribution < 1.29 is 23.9 Å². The van der Waals surface area contributed by atoms with Crippen molar-refractivity contribution in [2.75, 3.05) is 19.1 Å². The van der Waals surface area contributed by atoms with E-state index in [4.69, 9.17) is 9.47 Å². The molecule has 0 aliphatic carbocycles. The first-order chi connectivity index (χ1) is 15.0. The second kappa shape index (κ2) is 8.41. The first kappa shape index (κ1) is 20.9. The molecule has 2 heterocycles. The molecule has 0 radical (unpaired) electrons. The predicted octanol–water partition coefficient (Wildman–Crippen LogP) is 3.26. The highest BCUT2D eigenvalue weighted by Crippen LogP contribution is 2.50. The molecular weight excluding hydrogens is 396 g/mol. The number of ether oxygens (including phenoxy) is 2. The number of amides is 2. The highest BCUT2D eigenvalue weighted by atomic mass is 16.5. The van der Waals surface area contributed by atoms with Crippen molar-refractivity contribution in [1.82, 2.24) is 4.90 Å². The van der Waals surface area contributed by atoms with Gasteiger partial charge in [-0.2, -0.15) is 0 Å². The Balaban J connectivity index is 1.68. The Hall–Kier alpha value is -3.35. The molecule has 0 unspecified atom stereocenters. The van der Waals surface area contributed by atoms with Gasteiger partial charge in [-0.25, -0.2) is 9.59 Å². The number of benzene rings is 2. The van der Waals surface area contributed by atoms with Crippen molar-refractivity contribution >= 4 is 23.7 Å². The average molecular weight is 422 g/mol. The quantitative estimate of drug-likeness (QED) is 0.707. The Kier molecular flexibility index (Phi) is 5.67. The molecule has 7 nitrogen and oxygen atoms in total. The topological polar surface area (TPSA) is 76.2 Å². The number of esters is 1. The van der Waals surface area contributed by atoms with Gasteiger partial charge in [0, 0.05) is 18.5 Å². The fraction of sp³-hybridized carbons (Fsp3) is 0.375. The van der Waals surface area contributed by atoms with E-state index in [0.29, 0.717) is 6.42 Å². The van der Waals surface area contributed by atoms with Gasteiger partial charge in [-0.15, -0.1) is 0 Å². The van der Waals surface area contributed by atoms with Crippen LogP contribution in [0.15, 0.2) is 48.5 Å². The van der Waals surface area contributed by atoms with Crippen LogP contribution < -0.4 is 4.90 Å². The number of rotatable bonds is 4. The molecule has 1 saturated heterocycles. The van der Waals surface area contributed by atoms with Crippen LogP contribution in [-0.4, -0.2) is 49.3 Å². The Bertz CT molecular complexity index is 1010. The van der Waals surface area contributed by atoms with Gasteiger partial charge in [-0.05, 0) is 42.0 Å². The zero-order chi connectivity index (χ0) is 22.1. The summed E-state index contributed by atoms with van der Waals surface area (Å²) in [5, 5.41) is 0. The van der Waals surface area contributed by atoms with Crippen molar-refractivity contribution in [3.8, 4) is 0 Å². The van der Waals surface area contributed by atoms with Crippen molar-refractivity contribution in [2.24, 2.45) is 0 Å². The average Bonchev–Trinajstić information content (AvgIpc) is 3.31. The highest BCUT2D eigenvalue weighted by Gasteiger charge is 2.56. The maximum Gasteiger partial charge on any atom is 0.411 e. The molecule has 1 fully saturated rings. The van der Waals surface area contributed by atoms with Gasteiger partial charge in [0.15, 0.2) is 0 Å². The molecule has 4 rings (SSSR count). The zero-order valence-corrected chi connectivity index (χ0v) is 17.9. The van der Waals surface area contributed by atoms with E-state index < -0.39 is 24.3 Å². The van der Waals surface area contributed by atoms with E-state index in [1.165, 1.54) is 31.6 Å². The van der Waals surface area contributed by atoms with Crippen molar-refractivity contribution in [3.63, 3.8) is 0 Å². The number of aryl methyl sites for hydroxylation is 2. The summed E-state index contributed by atoms with van der Waals surface area (Å²) in [5.41, 5.74) is 4.17. The highest BCUT2D eigenvalue weighted by molar-refractivity contribution is 5.97. The third kappa shape index (κ3) is 3.65. The van der Waals surface area contributed by atoms with Gasteiger partial charge in [0.05, 0.1) is 14.2 Å². The summed E-state index contributed by atoms with van der Waals surface area (Å²) in [6.07, 6.45) is 0.893. The van der Waals surface area contributed by atoms with Crippen LogP contribution in [0, 0.1) is 0 Å². The van der Waals surface area contributed by atoms with E-state index in [9.17, 15) is 14.4 Å². The van der Waals surface area contributed by atoms with Gasteiger partial charge in [0.2, 0.25) is 5.91 Å². The summed E-state index contributed by atoms with van der Waals surface area (Å²) in [6, 6.07) is 15.5. The Morgan fingerprint density at radius 1 is 0.968 bits per heavy atom. The second-order valence-corrected chi connectivity index (χ2v) is 7.94. The van der Waals surface area contributed by atoms with Crippen molar-refractivity contribution in [3.05, 3.63) is 65.2 Å². The Morgan fingerprint density at radius 2 is 1.68 bits per heavy atom. The number of likely N-dealkylation sites (tertiary alicyclic amines) is 1. The Labute approximate surface area is 181 Å². The molecule has 3 atom stereocenters. The van der Waals surface area contributed by atoms with E-state index in [1.807, 2.05) is 30.3 Å². The number of carbonyl (C=O) groups is 3. The lowest BCUT2D eigenvalue weighted by Crippen LogP contribution is -2.53. The lowest BCUT2D eigenvalue weighted by Gasteiger charge is -2.33. The smallest absolute Gasteiger partial charge is 0.411 e. The molecule has 0 saturated carbocycles. The molecular formula is C24H26N2O5. The second-order valence-electron chi connectivity index (χ2n) is 7.94. The number of hydrogen-bond acceptors (Lipinski definition) is 5. The number of anilines is 1. The molecule has 0 N–H and O–H groups in total. The lowest BCUT2D eigenvalue weighted by atomic mass is 9.93. The van der Waals surface area contributed by atoms with Crippen LogP contribution in [0.2, 0.25) is 0 Å². The molecule has 0 spiro atoms. The first-order valence-electron chi connectivity index (χ1n) is 10.4. The van der Waals surface area contributed by atoms with Crippen LogP contribution in [0.3, 0.4) is 0 Å². The normalized spacial score (nSPS) is 21.5. The van der Waals surface area contributed by atoms with Gasteiger partial charge in [0.25, 0.3) is 0 Å². The van der Waals surface area contributed by atoms with Crippen LogP contribution in [0.5, 0.6) is 0 Å². The molecule has 0 aromatic heterocycles. The van der Waals surface area contributed by atoms with Crippen molar-refractivity contribution in [1.29, 1.82) is 0 Å².